The number of hydrogen-bond donors (Lipinski definition) is 0. The van der Waals surface area contributed by atoms with Gasteiger partial charge in [0.05, 0.1) is 6.04 Å². The average molecular weight is 292 g/mol. The van der Waals surface area contributed by atoms with Gasteiger partial charge < -0.3 is 9.47 Å². The molecule has 3 heteroatoms. The van der Waals surface area contributed by atoms with Crippen LogP contribution >= 0.6 is 0 Å². The summed E-state index contributed by atoms with van der Waals surface area (Å²) in [6.45, 7) is 3.50. The van der Waals surface area contributed by atoms with E-state index < -0.39 is 0 Å². The van der Waals surface area contributed by atoms with Crippen LogP contribution in [0, 0.1) is 0 Å². The Balaban J connectivity index is 1.97. The van der Waals surface area contributed by atoms with Gasteiger partial charge in [0.1, 0.15) is 0 Å². The molecule has 1 aromatic heterocycles. The van der Waals surface area contributed by atoms with Crippen molar-refractivity contribution in [1.29, 1.82) is 0 Å². The first-order valence-corrected chi connectivity index (χ1v) is 7.61. The quantitative estimate of drug-likeness (QED) is 0.627. The highest BCUT2D eigenvalue weighted by atomic mass is 16.2. The standard InChI is InChI=1S/C19H20N2O/c1-2-3-5-12-18(22)21-15-14-20-13-8-11-17(20)19(21)16-9-6-4-7-10-16/h2-13,19H,14-15H2,1H3/b3-2+,12-5+. The van der Waals surface area contributed by atoms with Gasteiger partial charge in [-0.1, -0.05) is 48.6 Å². The number of hydrogen-bond acceptors (Lipinski definition) is 1. The summed E-state index contributed by atoms with van der Waals surface area (Å²) in [5.41, 5.74) is 2.32. The maximum Gasteiger partial charge on any atom is 0.247 e. The highest BCUT2D eigenvalue weighted by Crippen LogP contribution is 2.32. The van der Waals surface area contributed by atoms with Gasteiger partial charge in [-0.15, -0.1) is 0 Å². The van der Waals surface area contributed by atoms with Crippen molar-refractivity contribution in [2.45, 2.75) is 19.5 Å². The Hall–Kier alpha value is -2.55. The Kier molecular flexibility index (Phi) is 4.24. The molecule has 0 aliphatic carbocycles. The monoisotopic (exact) mass is 292 g/mol. The molecule has 0 spiro atoms. The summed E-state index contributed by atoms with van der Waals surface area (Å²) in [6.07, 6.45) is 9.33. The van der Waals surface area contributed by atoms with E-state index in [0.717, 1.165) is 18.7 Å². The van der Waals surface area contributed by atoms with E-state index in [1.807, 2.05) is 42.2 Å². The predicted molar refractivity (Wildman–Crippen MR) is 88.4 cm³/mol. The highest BCUT2D eigenvalue weighted by Gasteiger charge is 2.30. The van der Waals surface area contributed by atoms with Crippen LogP contribution in [0.15, 0.2) is 73.0 Å². The predicted octanol–water partition coefficient (Wildman–Crippen LogP) is 3.55. The smallest absolute Gasteiger partial charge is 0.247 e. The van der Waals surface area contributed by atoms with Gasteiger partial charge in [0, 0.05) is 31.1 Å². The van der Waals surface area contributed by atoms with Gasteiger partial charge in [0.15, 0.2) is 0 Å². The summed E-state index contributed by atoms with van der Waals surface area (Å²) in [6, 6.07) is 14.4. The molecule has 3 rings (SSSR count). The fourth-order valence-corrected chi connectivity index (χ4v) is 2.95. The lowest BCUT2D eigenvalue weighted by molar-refractivity contribution is -0.128. The first kappa shape index (κ1) is 14.4. The van der Waals surface area contributed by atoms with Crippen molar-refractivity contribution in [2.75, 3.05) is 6.54 Å². The highest BCUT2D eigenvalue weighted by molar-refractivity contribution is 5.88. The van der Waals surface area contributed by atoms with Crippen molar-refractivity contribution in [1.82, 2.24) is 9.47 Å². The van der Waals surface area contributed by atoms with Gasteiger partial charge in [-0.3, -0.25) is 4.79 Å². The molecular formula is C19H20N2O. The van der Waals surface area contributed by atoms with Gasteiger partial charge in [0.2, 0.25) is 5.91 Å². The van der Waals surface area contributed by atoms with Crippen molar-refractivity contribution in [3.63, 3.8) is 0 Å². The molecular weight excluding hydrogens is 272 g/mol. The minimum atomic E-state index is -0.0206. The molecule has 1 aliphatic heterocycles. The molecule has 0 radical (unpaired) electrons. The van der Waals surface area contributed by atoms with E-state index in [4.69, 9.17) is 0 Å². The lowest BCUT2D eigenvalue weighted by atomic mass is 10.00. The van der Waals surface area contributed by atoms with Crippen LogP contribution in [0.2, 0.25) is 0 Å². The van der Waals surface area contributed by atoms with E-state index in [2.05, 4.69) is 35.0 Å². The van der Waals surface area contributed by atoms with E-state index in [1.165, 1.54) is 5.69 Å². The second kappa shape index (κ2) is 6.48. The van der Waals surface area contributed by atoms with Crippen molar-refractivity contribution < 1.29 is 4.79 Å². The third-order valence-electron chi connectivity index (χ3n) is 3.98. The van der Waals surface area contributed by atoms with E-state index in [-0.39, 0.29) is 11.9 Å². The number of allylic oxidation sites excluding steroid dienone is 3. The van der Waals surface area contributed by atoms with Gasteiger partial charge in [0.25, 0.3) is 0 Å². The molecule has 2 aromatic rings. The fourth-order valence-electron chi connectivity index (χ4n) is 2.95. The van der Waals surface area contributed by atoms with Crippen LogP contribution in [0.25, 0.3) is 0 Å². The van der Waals surface area contributed by atoms with Crippen LogP contribution in [0.3, 0.4) is 0 Å². The molecule has 1 aromatic carbocycles. The second-order valence-corrected chi connectivity index (χ2v) is 5.36. The molecule has 0 saturated heterocycles. The number of benzene rings is 1. The van der Waals surface area contributed by atoms with Gasteiger partial charge in [-0.05, 0) is 24.6 Å². The largest absolute Gasteiger partial charge is 0.348 e. The van der Waals surface area contributed by atoms with E-state index >= 15 is 0 Å². The number of aromatic nitrogens is 1. The zero-order valence-electron chi connectivity index (χ0n) is 12.7. The third-order valence-corrected chi connectivity index (χ3v) is 3.98. The molecule has 0 fully saturated rings. The van der Waals surface area contributed by atoms with E-state index in [0.29, 0.717) is 0 Å². The Labute approximate surface area is 131 Å². The molecule has 112 valence electrons. The fraction of sp³-hybridized carbons (Fsp3) is 0.211. The topological polar surface area (TPSA) is 25.2 Å². The van der Waals surface area contributed by atoms with E-state index in [1.54, 1.807) is 12.2 Å². The summed E-state index contributed by atoms with van der Waals surface area (Å²) in [5, 5.41) is 0. The molecule has 2 heterocycles. The van der Waals surface area contributed by atoms with Crippen molar-refractivity contribution in [3.8, 4) is 0 Å². The molecule has 1 unspecified atom stereocenters. The molecule has 1 aliphatic rings. The first-order valence-electron chi connectivity index (χ1n) is 7.61. The van der Waals surface area contributed by atoms with Crippen LogP contribution in [-0.2, 0) is 11.3 Å². The number of amides is 1. The second-order valence-electron chi connectivity index (χ2n) is 5.36. The first-order chi connectivity index (χ1) is 10.8. The minimum absolute atomic E-state index is 0.0206. The lowest BCUT2D eigenvalue weighted by Crippen LogP contribution is -2.41. The Morgan fingerprint density at radius 2 is 1.91 bits per heavy atom. The van der Waals surface area contributed by atoms with Crippen molar-refractivity contribution in [3.05, 3.63) is 84.2 Å². The minimum Gasteiger partial charge on any atom is -0.348 e. The summed E-state index contributed by atoms with van der Waals surface area (Å²) in [4.78, 5) is 14.5. The summed E-state index contributed by atoms with van der Waals surface area (Å²) >= 11 is 0. The van der Waals surface area contributed by atoms with Crippen molar-refractivity contribution >= 4 is 5.91 Å². The molecule has 0 bridgehead atoms. The summed E-state index contributed by atoms with van der Waals surface area (Å²) in [5.74, 6) is 0.0550. The molecule has 0 saturated carbocycles. The molecule has 1 atom stereocenters. The van der Waals surface area contributed by atoms with Crippen LogP contribution in [0.4, 0.5) is 0 Å². The molecule has 3 nitrogen and oxygen atoms in total. The van der Waals surface area contributed by atoms with Crippen LogP contribution in [0.1, 0.15) is 24.2 Å². The number of carbonyl (C=O) groups is 1. The van der Waals surface area contributed by atoms with Gasteiger partial charge in [-0.25, -0.2) is 0 Å². The molecule has 1 amide bonds. The van der Waals surface area contributed by atoms with Crippen LogP contribution in [-0.4, -0.2) is 21.9 Å². The Morgan fingerprint density at radius 1 is 1.09 bits per heavy atom. The zero-order valence-corrected chi connectivity index (χ0v) is 12.7. The molecule has 22 heavy (non-hydrogen) atoms. The number of fused-ring (bicyclic) bond motifs is 1. The van der Waals surface area contributed by atoms with E-state index in [9.17, 15) is 4.79 Å². The lowest BCUT2D eigenvalue weighted by Gasteiger charge is -2.36. The number of nitrogens with zero attached hydrogens (tertiary/aromatic N) is 2. The van der Waals surface area contributed by atoms with Crippen LogP contribution < -0.4 is 0 Å². The normalized spacial score (nSPS) is 18.0. The summed E-state index contributed by atoms with van der Waals surface area (Å²) < 4.78 is 2.23. The maximum absolute atomic E-state index is 12.6. The summed E-state index contributed by atoms with van der Waals surface area (Å²) in [7, 11) is 0. The SMILES string of the molecule is C/C=C/C=C/C(=O)N1CCn2cccc2C1c1ccccc1. The Bertz CT molecular complexity index is 697. The number of carbonyl (C=O) groups excluding carboxylic acids is 1. The maximum atomic E-state index is 12.6. The van der Waals surface area contributed by atoms with Crippen molar-refractivity contribution in [2.24, 2.45) is 0 Å². The number of rotatable bonds is 3. The van der Waals surface area contributed by atoms with Gasteiger partial charge >= 0.3 is 0 Å². The average Bonchev–Trinajstić information content (AvgIpc) is 3.03. The zero-order chi connectivity index (χ0) is 15.4. The van der Waals surface area contributed by atoms with Crippen LogP contribution in [0.5, 0.6) is 0 Å². The third kappa shape index (κ3) is 2.75. The Morgan fingerprint density at radius 3 is 2.68 bits per heavy atom. The van der Waals surface area contributed by atoms with Gasteiger partial charge in [-0.2, -0.15) is 0 Å². The molecule has 0 N–H and O–H groups in total.